The first-order chi connectivity index (χ1) is 9.85. The summed E-state index contributed by atoms with van der Waals surface area (Å²) < 4.78 is 49.1. The maximum atomic E-state index is 12.8. The summed E-state index contributed by atoms with van der Waals surface area (Å²) in [4.78, 5) is 0. The maximum absolute atomic E-state index is 12.8. The Morgan fingerprint density at radius 1 is 1.33 bits per heavy atom. The number of hydrogen-bond donors (Lipinski definition) is 1. The fourth-order valence-corrected chi connectivity index (χ4v) is 2.70. The summed E-state index contributed by atoms with van der Waals surface area (Å²) in [6, 6.07) is 3.33. The highest BCUT2D eigenvalue weighted by atomic mass is 35.5. The summed E-state index contributed by atoms with van der Waals surface area (Å²) >= 11 is 5.75. The molecule has 0 heterocycles. The van der Waals surface area contributed by atoms with E-state index in [1.165, 1.54) is 6.07 Å². The summed E-state index contributed by atoms with van der Waals surface area (Å²) in [5.41, 5.74) is -0.441. The molecular weight excluding hydrogens is 307 g/mol. The highest BCUT2D eigenvalue weighted by Crippen LogP contribution is 2.35. The van der Waals surface area contributed by atoms with Crippen molar-refractivity contribution in [1.29, 1.82) is 0 Å². The molecule has 1 aliphatic rings. The van der Waals surface area contributed by atoms with Crippen molar-refractivity contribution in [2.24, 2.45) is 0 Å². The van der Waals surface area contributed by atoms with Crippen molar-refractivity contribution in [3.05, 3.63) is 28.8 Å². The van der Waals surface area contributed by atoms with Crippen LogP contribution in [0.15, 0.2) is 18.2 Å². The van der Waals surface area contributed by atoms with Gasteiger partial charge in [-0.2, -0.15) is 13.2 Å². The van der Waals surface area contributed by atoms with Crippen LogP contribution in [-0.4, -0.2) is 32.0 Å². The van der Waals surface area contributed by atoms with Gasteiger partial charge in [-0.3, -0.25) is 0 Å². The first-order valence-corrected chi connectivity index (χ1v) is 7.01. The van der Waals surface area contributed by atoms with Gasteiger partial charge in [0.15, 0.2) is 0 Å². The summed E-state index contributed by atoms with van der Waals surface area (Å²) in [6.45, 7) is 2.46. The molecule has 1 aliphatic carbocycles. The number of nitrogens with one attached hydrogen (secondary N) is 1. The lowest BCUT2D eigenvalue weighted by Crippen LogP contribution is -2.56. The summed E-state index contributed by atoms with van der Waals surface area (Å²) in [7, 11) is 1.56. The second kappa shape index (κ2) is 6.42. The molecule has 0 radical (unpaired) electrons. The third-order valence-electron chi connectivity index (χ3n) is 3.48. The van der Waals surface area contributed by atoms with E-state index in [1.54, 1.807) is 7.11 Å². The number of methoxy groups -OCH3 is 1. The fraction of sp³-hybridized carbons (Fsp3) is 0.571. The monoisotopic (exact) mass is 323 g/mol. The lowest BCUT2D eigenvalue weighted by atomic mass is 9.85. The van der Waals surface area contributed by atoms with Gasteiger partial charge in [-0.1, -0.05) is 11.6 Å². The minimum absolute atomic E-state index is 0.0289. The lowest BCUT2D eigenvalue weighted by Gasteiger charge is -2.43. The van der Waals surface area contributed by atoms with E-state index >= 15 is 0 Å². The van der Waals surface area contributed by atoms with Gasteiger partial charge in [0.2, 0.25) is 0 Å². The summed E-state index contributed by atoms with van der Waals surface area (Å²) in [5, 5.41) is 3.08. The number of hydrogen-bond acceptors (Lipinski definition) is 3. The molecule has 0 saturated heterocycles. The van der Waals surface area contributed by atoms with E-state index in [0.717, 1.165) is 12.1 Å². The van der Waals surface area contributed by atoms with Gasteiger partial charge in [-0.15, -0.1) is 0 Å². The molecule has 0 bridgehead atoms. The Morgan fingerprint density at radius 2 is 2.05 bits per heavy atom. The molecule has 118 valence electrons. The molecule has 3 nitrogen and oxygen atoms in total. The van der Waals surface area contributed by atoms with Gasteiger partial charge in [-0.05, 0) is 31.5 Å². The van der Waals surface area contributed by atoms with Crippen molar-refractivity contribution in [2.45, 2.75) is 37.8 Å². The molecule has 0 amide bonds. The van der Waals surface area contributed by atoms with Crippen LogP contribution in [0.4, 0.5) is 18.9 Å². The number of benzene rings is 1. The molecule has 2 rings (SSSR count). The predicted molar refractivity (Wildman–Crippen MR) is 74.7 cm³/mol. The Hall–Kier alpha value is -0.980. The van der Waals surface area contributed by atoms with Crippen LogP contribution in [0.1, 0.15) is 18.9 Å². The van der Waals surface area contributed by atoms with Crippen molar-refractivity contribution in [3.63, 3.8) is 0 Å². The zero-order chi connectivity index (χ0) is 15.6. The van der Waals surface area contributed by atoms with Gasteiger partial charge in [-0.25, -0.2) is 0 Å². The molecule has 1 aromatic rings. The van der Waals surface area contributed by atoms with Crippen LogP contribution in [0, 0.1) is 0 Å². The second-order valence-electron chi connectivity index (χ2n) is 4.91. The van der Waals surface area contributed by atoms with Gasteiger partial charge in [0.25, 0.3) is 0 Å². The smallest absolute Gasteiger partial charge is 0.379 e. The third kappa shape index (κ3) is 3.81. The first kappa shape index (κ1) is 16.4. The molecule has 0 spiro atoms. The van der Waals surface area contributed by atoms with Crippen LogP contribution >= 0.6 is 11.6 Å². The van der Waals surface area contributed by atoms with Crippen molar-refractivity contribution < 1.29 is 22.6 Å². The van der Waals surface area contributed by atoms with Gasteiger partial charge in [0.1, 0.15) is 6.10 Å². The Morgan fingerprint density at radius 3 is 2.62 bits per heavy atom. The van der Waals surface area contributed by atoms with Crippen LogP contribution in [0.5, 0.6) is 0 Å². The number of ether oxygens (including phenoxy) is 2. The average Bonchev–Trinajstić information content (AvgIpc) is 2.36. The van der Waals surface area contributed by atoms with Gasteiger partial charge in [0.05, 0.1) is 17.7 Å². The normalized spacial score (nSPS) is 25.5. The molecule has 1 aromatic carbocycles. The minimum Gasteiger partial charge on any atom is -0.379 e. The standard InChI is InChI=1S/C14H17ClF3NO2/c1-3-21-12-7-11(13(12)20-2)19-10-5-8(14(16,17)18)4-9(15)6-10/h4-6,11-13,19H,3,7H2,1-2H3. The lowest BCUT2D eigenvalue weighted by molar-refractivity contribution is -0.137. The van der Waals surface area contributed by atoms with Crippen LogP contribution in [0.2, 0.25) is 5.02 Å². The molecule has 1 saturated carbocycles. The predicted octanol–water partition coefficient (Wildman–Crippen LogP) is 3.96. The number of alkyl halides is 3. The van der Waals surface area contributed by atoms with Crippen molar-refractivity contribution in [3.8, 4) is 0 Å². The van der Waals surface area contributed by atoms with Crippen LogP contribution in [0.3, 0.4) is 0 Å². The number of rotatable bonds is 5. The minimum atomic E-state index is -4.42. The van der Waals surface area contributed by atoms with E-state index in [0.29, 0.717) is 18.7 Å². The highest BCUT2D eigenvalue weighted by molar-refractivity contribution is 6.30. The average molecular weight is 324 g/mol. The van der Waals surface area contributed by atoms with Gasteiger partial charge < -0.3 is 14.8 Å². The molecule has 3 unspecified atom stereocenters. The van der Waals surface area contributed by atoms with E-state index in [4.69, 9.17) is 21.1 Å². The van der Waals surface area contributed by atoms with E-state index < -0.39 is 11.7 Å². The van der Waals surface area contributed by atoms with Crippen molar-refractivity contribution >= 4 is 17.3 Å². The van der Waals surface area contributed by atoms with Crippen molar-refractivity contribution in [1.82, 2.24) is 0 Å². The topological polar surface area (TPSA) is 30.5 Å². The number of anilines is 1. The molecular formula is C14H17ClF3NO2. The van der Waals surface area contributed by atoms with Crippen LogP contribution in [0.25, 0.3) is 0 Å². The van der Waals surface area contributed by atoms with Gasteiger partial charge >= 0.3 is 6.18 Å². The molecule has 7 heteroatoms. The Labute approximate surface area is 126 Å². The van der Waals surface area contributed by atoms with Gasteiger partial charge in [0, 0.05) is 24.4 Å². The van der Waals surface area contributed by atoms with Crippen LogP contribution in [-0.2, 0) is 15.7 Å². The first-order valence-electron chi connectivity index (χ1n) is 6.64. The fourth-order valence-electron chi connectivity index (χ4n) is 2.47. The summed E-state index contributed by atoms with van der Waals surface area (Å²) in [5.74, 6) is 0. The maximum Gasteiger partial charge on any atom is 0.416 e. The zero-order valence-corrected chi connectivity index (χ0v) is 12.5. The third-order valence-corrected chi connectivity index (χ3v) is 3.70. The molecule has 3 atom stereocenters. The molecule has 0 aromatic heterocycles. The molecule has 0 aliphatic heterocycles. The van der Waals surface area contributed by atoms with E-state index in [-0.39, 0.29) is 23.3 Å². The molecule has 1 fully saturated rings. The Kier molecular flexibility index (Phi) is 5.01. The SMILES string of the molecule is CCOC1CC(Nc2cc(Cl)cc(C(F)(F)F)c2)C1OC. The van der Waals surface area contributed by atoms with Crippen molar-refractivity contribution in [2.75, 3.05) is 19.0 Å². The van der Waals surface area contributed by atoms with E-state index in [2.05, 4.69) is 5.32 Å². The second-order valence-corrected chi connectivity index (χ2v) is 5.34. The Bertz CT molecular complexity index is 496. The van der Waals surface area contributed by atoms with Crippen LogP contribution < -0.4 is 5.32 Å². The Balaban J connectivity index is 2.09. The summed E-state index contributed by atoms with van der Waals surface area (Å²) in [6.07, 6.45) is -3.95. The molecule has 21 heavy (non-hydrogen) atoms. The zero-order valence-electron chi connectivity index (χ0n) is 11.7. The molecule has 1 N–H and O–H groups in total. The highest BCUT2D eigenvalue weighted by Gasteiger charge is 2.42. The number of halogens is 4. The van der Waals surface area contributed by atoms with E-state index in [1.807, 2.05) is 6.92 Å². The van der Waals surface area contributed by atoms with E-state index in [9.17, 15) is 13.2 Å². The quantitative estimate of drug-likeness (QED) is 0.889. The largest absolute Gasteiger partial charge is 0.416 e.